The Morgan fingerprint density at radius 1 is 1.42 bits per heavy atom. The number of amides is 1. The van der Waals surface area contributed by atoms with Crippen LogP contribution in [-0.4, -0.2) is 36.0 Å². The zero-order chi connectivity index (χ0) is 14.0. The average Bonchev–Trinajstić information content (AvgIpc) is 2.41. The van der Waals surface area contributed by atoms with E-state index in [-0.39, 0.29) is 12.5 Å². The number of hydrogen-bond acceptors (Lipinski definition) is 3. The Bertz CT molecular complexity index is 475. The number of alkyl halides is 1. The predicted molar refractivity (Wildman–Crippen MR) is 66.9 cm³/mol. The molecule has 5 heteroatoms. The Balaban J connectivity index is 1.95. The maximum Gasteiger partial charge on any atom is 0.330 e. The van der Waals surface area contributed by atoms with E-state index in [0.29, 0.717) is 0 Å². The van der Waals surface area contributed by atoms with E-state index in [1.807, 2.05) is 30.3 Å². The normalized spacial score (nSPS) is 23.7. The molecule has 3 atom stereocenters. The molecule has 102 valence electrons. The maximum absolute atomic E-state index is 13.3. The predicted octanol–water partition coefficient (Wildman–Crippen LogP) is 1.54. The van der Waals surface area contributed by atoms with Crippen molar-refractivity contribution >= 4 is 11.9 Å². The summed E-state index contributed by atoms with van der Waals surface area (Å²) in [5.41, 5.74) is 0.856. The van der Waals surface area contributed by atoms with Gasteiger partial charge in [-0.2, -0.15) is 0 Å². The second-order valence-electron chi connectivity index (χ2n) is 4.69. The first-order valence-electron chi connectivity index (χ1n) is 6.13. The summed E-state index contributed by atoms with van der Waals surface area (Å²) in [7, 11) is 1.48. The number of ether oxygens (including phenoxy) is 1. The molecule has 2 rings (SSSR count). The van der Waals surface area contributed by atoms with Crippen molar-refractivity contribution in [1.82, 2.24) is 4.90 Å². The van der Waals surface area contributed by atoms with Crippen LogP contribution in [0.1, 0.15) is 12.5 Å². The standard InChI is InChI=1S/C14H16FNO3/c1-9(15)11-12(16(2)13(11)17)14(18)19-8-10-6-4-3-5-7-10/h3-7,9,11-12H,8H2,1-2H3/t9-,11-,12-/m1/s1. The van der Waals surface area contributed by atoms with E-state index in [0.717, 1.165) is 5.56 Å². The van der Waals surface area contributed by atoms with Crippen LogP contribution in [0.25, 0.3) is 0 Å². The number of rotatable bonds is 4. The van der Waals surface area contributed by atoms with Gasteiger partial charge in [-0.05, 0) is 12.5 Å². The van der Waals surface area contributed by atoms with E-state index in [2.05, 4.69) is 0 Å². The Hall–Kier alpha value is -1.91. The number of likely N-dealkylation sites (tertiary alicyclic amines) is 1. The molecule has 0 unspecified atom stereocenters. The molecule has 1 fully saturated rings. The van der Waals surface area contributed by atoms with Crippen molar-refractivity contribution in [2.24, 2.45) is 5.92 Å². The molecule has 0 aromatic heterocycles. The van der Waals surface area contributed by atoms with Crippen molar-refractivity contribution in [2.45, 2.75) is 25.7 Å². The van der Waals surface area contributed by atoms with Crippen LogP contribution in [-0.2, 0) is 20.9 Å². The zero-order valence-corrected chi connectivity index (χ0v) is 10.9. The van der Waals surface area contributed by atoms with Gasteiger partial charge in [-0.3, -0.25) is 4.79 Å². The van der Waals surface area contributed by atoms with Crippen LogP contribution in [0.2, 0.25) is 0 Å². The molecule has 1 heterocycles. The summed E-state index contributed by atoms with van der Waals surface area (Å²) < 4.78 is 18.4. The SMILES string of the molecule is C[C@@H](F)[C@H]1C(=O)N(C)[C@H]1C(=O)OCc1ccccc1. The van der Waals surface area contributed by atoms with Gasteiger partial charge in [0.25, 0.3) is 0 Å². The minimum Gasteiger partial charge on any atom is -0.459 e. The van der Waals surface area contributed by atoms with Gasteiger partial charge in [0.2, 0.25) is 5.91 Å². The first-order valence-corrected chi connectivity index (χ1v) is 6.13. The molecule has 0 radical (unpaired) electrons. The topological polar surface area (TPSA) is 46.6 Å². The third-order valence-corrected chi connectivity index (χ3v) is 3.35. The molecular formula is C14H16FNO3. The number of carbonyl (C=O) groups excluding carboxylic acids is 2. The van der Waals surface area contributed by atoms with Crippen LogP contribution in [0.4, 0.5) is 4.39 Å². The molecule has 0 bridgehead atoms. The van der Waals surface area contributed by atoms with E-state index < -0.39 is 24.1 Å². The monoisotopic (exact) mass is 265 g/mol. The molecule has 0 aliphatic carbocycles. The summed E-state index contributed by atoms with van der Waals surface area (Å²) in [6.45, 7) is 1.42. The number of benzene rings is 1. The first kappa shape index (κ1) is 13.5. The van der Waals surface area contributed by atoms with Gasteiger partial charge in [-0.15, -0.1) is 0 Å². The molecule has 0 N–H and O–H groups in total. The number of carbonyl (C=O) groups is 2. The number of nitrogens with zero attached hydrogens (tertiary/aromatic N) is 1. The highest BCUT2D eigenvalue weighted by Crippen LogP contribution is 2.30. The Labute approximate surface area is 111 Å². The van der Waals surface area contributed by atoms with Crippen molar-refractivity contribution in [3.8, 4) is 0 Å². The lowest BCUT2D eigenvalue weighted by atomic mass is 9.84. The van der Waals surface area contributed by atoms with E-state index in [9.17, 15) is 14.0 Å². The lowest BCUT2D eigenvalue weighted by molar-refractivity contribution is -0.176. The average molecular weight is 265 g/mol. The molecule has 1 aromatic carbocycles. The van der Waals surface area contributed by atoms with Crippen molar-refractivity contribution in [3.05, 3.63) is 35.9 Å². The molecule has 1 aliphatic heterocycles. The number of β-lactam (4-membered cyclic amide) rings is 1. The van der Waals surface area contributed by atoms with E-state index in [1.165, 1.54) is 18.9 Å². The van der Waals surface area contributed by atoms with Crippen LogP contribution in [0.5, 0.6) is 0 Å². The highest BCUT2D eigenvalue weighted by atomic mass is 19.1. The van der Waals surface area contributed by atoms with Gasteiger partial charge in [0, 0.05) is 7.05 Å². The number of esters is 1. The molecular weight excluding hydrogens is 249 g/mol. The van der Waals surface area contributed by atoms with Gasteiger partial charge in [-0.25, -0.2) is 9.18 Å². The molecule has 1 aromatic rings. The van der Waals surface area contributed by atoms with Gasteiger partial charge < -0.3 is 9.64 Å². The van der Waals surface area contributed by atoms with Crippen molar-refractivity contribution in [3.63, 3.8) is 0 Å². The summed E-state index contributed by atoms with van der Waals surface area (Å²) in [6, 6.07) is 8.40. The van der Waals surface area contributed by atoms with Crippen LogP contribution in [0, 0.1) is 5.92 Å². The first-order chi connectivity index (χ1) is 9.02. The maximum atomic E-state index is 13.3. The van der Waals surface area contributed by atoms with E-state index in [1.54, 1.807) is 0 Å². The summed E-state index contributed by atoms with van der Waals surface area (Å²) in [4.78, 5) is 24.6. The number of halogens is 1. The number of hydrogen-bond donors (Lipinski definition) is 0. The Kier molecular flexibility index (Phi) is 3.83. The summed E-state index contributed by atoms with van der Waals surface area (Å²) in [5, 5.41) is 0. The van der Waals surface area contributed by atoms with Gasteiger partial charge in [0.05, 0.1) is 0 Å². The van der Waals surface area contributed by atoms with Crippen molar-refractivity contribution < 1.29 is 18.7 Å². The third-order valence-electron chi connectivity index (χ3n) is 3.35. The molecule has 1 amide bonds. The minimum atomic E-state index is -1.35. The molecule has 0 saturated carbocycles. The van der Waals surface area contributed by atoms with Gasteiger partial charge in [0.15, 0.2) is 0 Å². The second-order valence-corrected chi connectivity index (χ2v) is 4.69. The van der Waals surface area contributed by atoms with Crippen molar-refractivity contribution in [2.75, 3.05) is 7.05 Å². The molecule has 1 saturated heterocycles. The fourth-order valence-electron chi connectivity index (χ4n) is 2.23. The van der Waals surface area contributed by atoms with Gasteiger partial charge in [0.1, 0.15) is 24.7 Å². The summed E-state index contributed by atoms with van der Waals surface area (Å²) in [6.07, 6.45) is -1.35. The molecule has 19 heavy (non-hydrogen) atoms. The molecule has 1 aliphatic rings. The summed E-state index contributed by atoms with van der Waals surface area (Å²) in [5.74, 6) is -1.81. The quantitative estimate of drug-likeness (QED) is 0.613. The Morgan fingerprint density at radius 2 is 2.05 bits per heavy atom. The van der Waals surface area contributed by atoms with Crippen LogP contribution in [0.3, 0.4) is 0 Å². The van der Waals surface area contributed by atoms with Crippen molar-refractivity contribution in [1.29, 1.82) is 0 Å². The van der Waals surface area contributed by atoms with Crippen LogP contribution < -0.4 is 0 Å². The highest BCUT2D eigenvalue weighted by Gasteiger charge is 2.53. The lowest BCUT2D eigenvalue weighted by Crippen LogP contribution is -2.65. The lowest BCUT2D eigenvalue weighted by Gasteiger charge is -2.43. The minimum absolute atomic E-state index is 0.131. The molecule has 0 spiro atoms. The third kappa shape index (κ3) is 2.59. The van der Waals surface area contributed by atoms with Gasteiger partial charge >= 0.3 is 5.97 Å². The summed E-state index contributed by atoms with van der Waals surface area (Å²) >= 11 is 0. The second kappa shape index (κ2) is 5.38. The van der Waals surface area contributed by atoms with Crippen LogP contribution in [0.15, 0.2) is 30.3 Å². The van der Waals surface area contributed by atoms with Crippen LogP contribution >= 0.6 is 0 Å². The van der Waals surface area contributed by atoms with Gasteiger partial charge in [-0.1, -0.05) is 30.3 Å². The largest absolute Gasteiger partial charge is 0.459 e. The fraction of sp³-hybridized carbons (Fsp3) is 0.429. The van der Waals surface area contributed by atoms with E-state index >= 15 is 0 Å². The Morgan fingerprint density at radius 3 is 2.63 bits per heavy atom. The van der Waals surface area contributed by atoms with E-state index in [4.69, 9.17) is 4.74 Å². The molecule has 4 nitrogen and oxygen atoms in total. The smallest absolute Gasteiger partial charge is 0.330 e. The highest BCUT2D eigenvalue weighted by molar-refractivity contribution is 5.97. The fourth-order valence-corrected chi connectivity index (χ4v) is 2.23. The number of likely N-dealkylation sites (N-methyl/N-ethyl adjacent to an activating group) is 1. The zero-order valence-electron chi connectivity index (χ0n) is 10.9.